The molecule has 0 heterocycles. The quantitative estimate of drug-likeness (QED) is 0.375. The normalized spacial score (nSPS) is 12.2. The lowest BCUT2D eigenvalue weighted by Crippen LogP contribution is -2.37. The molecule has 0 radical (unpaired) electrons. The second-order valence-electron chi connectivity index (χ2n) is 7.90. The van der Waals surface area contributed by atoms with Crippen molar-refractivity contribution in [3.8, 4) is 5.75 Å². The highest BCUT2D eigenvalue weighted by Gasteiger charge is 2.20. The number of amides is 1. The van der Waals surface area contributed by atoms with Gasteiger partial charge in [-0.05, 0) is 67.3 Å². The van der Waals surface area contributed by atoms with Crippen molar-refractivity contribution in [2.24, 2.45) is 0 Å². The Hall–Kier alpha value is -3.19. The van der Waals surface area contributed by atoms with Gasteiger partial charge in [0.25, 0.3) is 0 Å². The van der Waals surface area contributed by atoms with Gasteiger partial charge in [-0.15, -0.1) is 0 Å². The summed E-state index contributed by atoms with van der Waals surface area (Å²) in [5, 5.41) is 0. The average molecular weight is 470 g/mol. The van der Waals surface area contributed by atoms with E-state index in [2.05, 4.69) is 0 Å². The average Bonchev–Trinajstić information content (AvgIpc) is 2.82. The largest absolute Gasteiger partial charge is 0.379 e. The summed E-state index contributed by atoms with van der Waals surface area (Å²) < 4.78 is 43.0. The van der Waals surface area contributed by atoms with E-state index < -0.39 is 15.9 Å². The van der Waals surface area contributed by atoms with Gasteiger partial charge in [-0.2, -0.15) is 8.42 Å². The zero-order chi connectivity index (χ0) is 23.8. The van der Waals surface area contributed by atoms with Crippen molar-refractivity contribution in [2.45, 2.75) is 50.6 Å². The van der Waals surface area contributed by atoms with Gasteiger partial charge in [0.15, 0.2) is 0 Å². The summed E-state index contributed by atoms with van der Waals surface area (Å²) >= 11 is 0. The van der Waals surface area contributed by atoms with Crippen LogP contribution in [0.2, 0.25) is 0 Å². The Kier molecular flexibility index (Phi) is 8.22. The molecule has 174 valence electrons. The minimum absolute atomic E-state index is 0.0723. The fourth-order valence-electron chi connectivity index (χ4n) is 3.37. The van der Waals surface area contributed by atoms with E-state index in [0.717, 1.165) is 41.8 Å². The van der Waals surface area contributed by atoms with Crippen molar-refractivity contribution in [3.05, 3.63) is 95.8 Å². The van der Waals surface area contributed by atoms with Gasteiger partial charge < -0.3 is 9.08 Å². The van der Waals surface area contributed by atoms with Gasteiger partial charge in [0.1, 0.15) is 16.5 Å². The molecule has 0 aliphatic heterocycles. The molecule has 5 nitrogen and oxygen atoms in total. The molecule has 1 atom stereocenters. The van der Waals surface area contributed by atoms with Crippen LogP contribution in [0, 0.1) is 5.82 Å². The van der Waals surface area contributed by atoms with Gasteiger partial charge in [0.05, 0.1) is 0 Å². The number of halogens is 1. The molecule has 3 rings (SSSR count). The van der Waals surface area contributed by atoms with E-state index in [1.807, 2.05) is 49.1 Å². The fraction of sp³-hybridized carbons (Fsp3) is 0.269. The van der Waals surface area contributed by atoms with E-state index >= 15 is 0 Å². The summed E-state index contributed by atoms with van der Waals surface area (Å²) in [5.74, 6) is -0.302. The van der Waals surface area contributed by atoms with E-state index in [9.17, 15) is 17.6 Å². The van der Waals surface area contributed by atoms with Gasteiger partial charge >= 0.3 is 10.1 Å². The molecule has 3 aromatic rings. The smallest absolute Gasteiger partial charge is 0.339 e. The lowest BCUT2D eigenvalue weighted by molar-refractivity contribution is -0.134. The zero-order valence-electron chi connectivity index (χ0n) is 18.8. The van der Waals surface area contributed by atoms with Crippen LogP contribution in [0.3, 0.4) is 0 Å². The highest BCUT2D eigenvalue weighted by Crippen LogP contribution is 2.21. The first-order chi connectivity index (χ1) is 15.8. The third-order valence-electron chi connectivity index (χ3n) is 5.50. The van der Waals surface area contributed by atoms with Crippen LogP contribution < -0.4 is 4.18 Å². The molecule has 0 N–H and O–H groups in total. The molecule has 0 aliphatic carbocycles. The minimum Gasteiger partial charge on any atom is -0.379 e. The summed E-state index contributed by atoms with van der Waals surface area (Å²) in [6.45, 7) is 4.49. The molecular weight excluding hydrogens is 441 g/mol. The molecule has 0 fully saturated rings. The number of benzene rings is 3. The Morgan fingerprint density at radius 2 is 1.58 bits per heavy atom. The Balaban J connectivity index is 1.66. The molecule has 0 aliphatic rings. The van der Waals surface area contributed by atoms with E-state index in [1.54, 1.807) is 24.3 Å². The summed E-state index contributed by atoms with van der Waals surface area (Å²) in [6.07, 6.45) is 1.93. The highest BCUT2D eigenvalue weighted by atomic mass is 32.2. The molecule has 3 aromatic carbocycles. The Morgan fingerprint density at radius 1 is 0.939 bits per heavy atom. The van der Waals surface area contributed by atoms with Gasteiger partial charge in [0, 0.05) is 19.0 Å². The monoisotopic (exact) mass is 469 g/mol. The van der Waals surface area contributed by atoms with Gasteiger partial charge in [-0.25, -0.2) is 4.39 Å². The highest BCUT2D eigenvalue weighted by molar-refractivity contribution is 7.87. The second-order valence-corrected chi connectivity index (χ2v) is 9.45. The first kappa shape index (κ1) is 24.5. The summed E-state index contributed by atoms with van der Waals surface area (Å²) in [6, 6.07) is 21.0. The van der Waals surface area contributed by atoms with Crippen LogP contribution in [0.5, 0.6) is 5.75 Å². The molecule has 0 saturated heterocycles. The van der Waals surface area contributed by atoms with Crippen LogP contribution in [-0.4, -0.2) is 25.3 Å². The fourth-order valence-corrected chi connectivity index (χ4v) is 4.30. The third kappa shape index (κ3) is 6.89. The Labute approximate surface area is 194 Å². The van der Waals surface area contributed by atoms with Crippen molar-refractivity contribution in [2.75, 3.05) is 0 Å². The molecule has 0 saturated carbocycles. The predicted octanol–water partition coefficient (Wildman–Crippen LogP) is 5.35. The SMILES string of the molecule is CCC(C)N(Cc1ccc(OS(=O)(=O)c2ccc(F)cc2)cc1)C(=O)CCc1ccccc1. The number of carbonyl (C=O) groups excluding carboxylic acids is 1. The lowest BCUT2D eigenvalue weighted by atomic mass is 10.1. The number of hydrogen-bond donors (Lipinski definition) is 0. The third-order valence-corrected chi connectivity index (χ3v) is 6.76. The van der Waals surface area contributed by atoms with Crippen LogP contribution in [-0.2, 0) is 27.9 Å². The first-order valence-electron chi connectivity index (χ1n) is 10.9. The standard InChI is InChI=1S/C26H28FNO4S/c1-3-20(2)28(26(29)18-11-21-7-5-4-6-8-21)19-22-9-14-24(15-10-22)32-33(30,31)25-16-12-23(27)13-17-25/h4-10,12-17,20H,3,11,18-19H2,1-2H3. The number of carbonyl (C=O) groups is 1. The van der Waals surface area contributed by atoms with Crippen molar-refractivity contribution < 1.29 is 21.8 Å². The molecule has 0 bridgehead atoms. The van der Waals surface area contributed by atoms with Crippen molar-refractivity contribution in [1.82, 2.24) is 4.90 Å². The Bertz CT molecular complexity index is 1150. The van der Waals surface area contributed by atoms with Crippen molar-refractivity contribution >= 4 is 16.0 Å². The second kappa shape index (κ2) is 11.1. The lowest BCUT2D eigenvalue weighted by Gasteiger charge is -2.29. The van der Waals surface area contributed by atoms with Crippen molar-refractivity contribution in [3.63, 3.8) is 0 Å². The van der Waals surface area contributed by atoms with Crippen LogP contribution in [0.4, 0.5) is 4.39 Å². The first-order valence-corrected chi connectivity index (χ1v) is 12.3. The van der Waals surface area contributed by atoms with E-state index in [-0.39, 0.29) is 22.6 Å². The van der Waals surface area contributed by atoms with Crippen LogP contribution >= 0.6 is 0 Å². The predicted molar refractivity (Wildman–Crippen MR) is 126 cm³/mol. The molecule has 1 unspecified atom stereocenters. The van der Waals surface area contributed by atoms with Gasteiger partial charge in [-0.3, -0.25) is 4.79 Å². The molecule has 0 spiro atoms. The van der Waals surface area contributed by atoms with E-state index in [1.165, 1.54) is 0 Å². The zero-order valence-corrected chi connectivity index (χ0v) is 19.6. The van der Waals surface area contributed by atoms with Gasteiger partial charge in [0.2, 0.25) is 5.91 Å². The number of rotatable bonds is 10. The number of aryl methyl sites for hydroxylation is 1. The maximum atomic E-state index is 13.1. The maximum absolute atomic E-state index is 13.1. The van der Waals surface area contributed by atoms with Crippen LogP contribution in [0.25, 0.3) is 0 Å². The summed E-state index contributed by atoms with van der Waals surface area (Å²) in [5.41, 5.74) is 1.99. The molecule has 33 heavy (non-hydrogen) atoms. The minimum atomic E-state index is -4.06. The number of nitrogens with zero attached hydrogens (tertiary/aromatic N) is 1. The number of hydrogen-bond acceptors (Lipinski definition) is 4. The molecular formula is C26H28FNO4S. The topological polar surface area (TPSA) is 63.7 Å². The van der Waals surface area contributed by atoms with Crippen molar-refractivity contribution in [1.29, 1.82) is 0 Å². The Morgan fingerprint density at radius 3 is 2.18 bits per heavy atom. The van der Waals surface area contributed by atoms with Gasteiger partial charge in [-0.1, -0.05) is 49.4 Å². The van der Waals surface area contributed by atoms with Crippen LogP contribution in [0.1, 0.15) is 37.8 Å². The molecule has 0 aromatic heterocycles. The maximum Gasteiger partial charge on any atom is 0.339 e. The molecule has 1 amide bonds. The van der Waals surface area contributed by atoms with E-state index in [4.69, 9.17) is 4.18 Å². The van der Waals surface area contributed by atoms with Crippen LogP contribution in [0.15, 0.2) is 83.8 Å². The summed E-state index contributed by atoms with van der Waals surface area (Å²) in [4.78, 5) is 14.7. The summed E-state index contributed by atoms with van der Waals surface area (Å²) in [7, 11) is -4.06. The van der Waals surface area contributed by atoms with E-state index in [0.29, 0.717) is 19.4 Å². The molecule has 7 heteroatoms.